The molecule has 0 radical (unpaired) electrons. The zero-order chi connectivity index (χ0) is 25.5. The summed E-state index contributed by atoms with van der Waals surface area (Å²) in [5, 5.41) is 12.6. The summed E-state index contributed by atoms with van der Waals surface area (Å²) in [5.74, 6) is -0.558. The van der Waals surface area contributed by atoms with Crippen molar-refractivity contribution < 1.29 is 24.2 Å². The molecule has 36 heavy (non-hydrogen) atoms. The lowest BCUT2D eigenvalue weighted by atomic mass is 9.96. The first kappa shape index (κ1) is 25.7. The number of rotatable bonds is 3. The summed E-state index contributed by atoms with van der Waals surface area (Å²) in [6.45, 7) is 3.14. The van der Waals surface area contributed by atoms with Crippen LogP contribution in [0.3, 0.4) is 0 Å². The van der Waals surface area contributed by atoms with Gasteiger partial charge in [-0.2, -0.15) is 0 Å². The fourth-order valence-electron chi connectivity index (χ4n) is 5.17. The number of pyridine rings is 1. The van der Waals surface area contributed by atoms with E-state index in [1.54, 1.807) is 17.3 Å². The minimum absolute atomic E-state index is 0.00488. The average molecular weight is 494 g/mol. The Kier molecular flexibility index (Phi) is 8.57. The van der Waals surface area contributed by atoms with E-state index in [4.69, 9.17) is 4.74 Å². The number of aryl methyl sites for hydroxylation is 1. The number of fused-ring (bicyclic) bond motifs is 4. The van der Waals surface area contributed by atoms with Gasteiger partial charge in [-0.25, -0.2) is 0 Å². The van der Waals surface area contributed by atoms with Gasteiger partial charge < -0.3 is 20.1 Å². The monoisotopic (exact) mass is 493 g/mol. The number of benzene rings is 1. The van der Waals surface area contributed by atoms with Crippen molar-refractivity contribution in [2.24, 2.45) is 0 Å². The third kappa shape index (κ3) is 6.22. The number of carbonyl (C=O) groups excluding carboxylic acids is 2. The molecular formula is C28H35N3O5. The molecule has 1 aromatic carbocycles. The maximum atomic E-state index is 13.6. The van der Waals surface area contributed by atoms with Gasteiger partial charge in [-0.1, -0.05) is 31.4 Å². The topological polar surface area (TPSA) is 109 Å². The second kappa shape index (κ2) is 12.0. The third-order valence-corrected chi connectivity index (χ3v) is 7.05. The van der Waals surface area contributed by atoms with E-state index in [0.717, 1.165) is 61.0 Å². The van der Waals surface area contributed by atoms with Gasteiger partial charge >= 0.3 is 5.97 Å². The standard InChI is InChI=1S/C28H35N3O5/c1-19-9-8-11-24-27(19)21-15-20(17-29-18-21)22(16-26(33)34)30-28(35)23(10-4-2-3-7-14-36-24)31-13-6-5-12-25(31)32/h8-9,11,15,17-18,22-23H,2-7,10,12-14,16H2,1H3,(H,30,35)(H,33,34)/t22-,23-/m0/s1. The molecule has 4 rings (SSSR count). The molecule has 2 bridgehead atoms. The zero-order valence-electron chi connectivity index (χ0n) is 20.9. The van der Waals surface area contributed by atoms with Crippen molar-refractivity contribution in [3.63, 3.8) is 0 Å². The summed E-state index contributed by atoms with van der Waals surface area (Å²) in [6, 6.07) is 6.41. The number of carbonyl (C=O) groups is 3. The molecule has 2 amide bonds. The fraction of sp³-hybridized carbons (Fsp3) is 0.500. The number of piperidine rings is 1. The molecule has 8 nitrogen and oxygen atoms in total. The first-order valence-corrected chi connectivity index (χ1v) is 12.9. The number of aromatic nitrogens is 1. The van der Waals surface area contributed by atoms with Crippen molar-refractivity contribution >= 4 is 17.8 Å². The van der Waals surface area contributed by atoms with Crippen LogP contribution in [0.25, 0.3) is 11.1 Å². The first-order chi connectivity index (χ1) is 17.4. The van der Waals surface area contributed by atoms with E-state index in [0.29, 0.717) is 31.6 Å². The van der Waals surface area contributed by atoms with Gasteiger partial charge in [0.15, 0.2) is 0 Å². The minimum atomic E-state index is -1.02. The molecule has 0 spiro atoms. The van der Waals surface area contributed by atoms with Crippen molar-refractivity contribution in [3.05, 3.63) is 47.8 Å². The van der Waals surface area contributed by atoms with E-state index in [-0.39, 0.29) is 18.2 Å². The van der Waals surface area contributed by atoms with Crippen molar-refractivity contribution in [2.45, 2.75) is 76.8 Å². The number of hydrogen-bond donors (Lipinski definition) is 2. The second-order valence-corrected chi connectivity index (χ2v) is 9.73. The van der Waals surface area contributed by atoms with Crippen molar-refractivity contribution in [1.29, 1.82) is 0 Å². The number of amides is 2. The zero-order valence-corrected chi connectivity index (χ0v) is 20.9. The highest BCUT2D eigenvalue weighted by Gasteiger charge is 2.33. The van der Waals surface area contributed by atoms with Gasteiger partial charge in [0.1, 0.15) is 11.8 Å². The Morgan fingerprint density at radius 2 is 1.97 bits per heavy atom. The van der Waals surface area contributed by atoms with Gasteiger partial charge in [0, 0.05) is 36.5 Å². The van der Waals surface area contributed by atoms with Crippen LogP contribution in [-0.2, 0) is 14.4 Å². The van der Waals surface area contributed by atoms with Gasteiger partial charge in [0.05, 0.1) is 19.1 Å². The first-order valence-electron chi connectivity index (χ1n) is 12.9. The predicted molar refractivity (Wildman–Crippen MR) is 135 cm³/mol. The van der Waals surface area contributed by atoms with Crippen molar-refractivity contribution in [2.75, 3.05) is 13.2 Å². The lowest BCUT2D eigenvalue weighted by Gasteiger charge is -2.35. The fourth-order valence-corrected chi connectivity index (χ4v) is 5.17. The number of carboxylic acids is 1. The highest BCUT2D eigenvalue weighted by molar-refractivity contribution is 5.88. The Bertz CT molecular complexity index is 1100. The van der Waals surface area contributed by atoms with Crippen molar-refractivity contribution in [3.8, 4) is 16.9 Å². The number of ether oxygens (including phenoxy) is 1. The molecule has 1 saturated heterocycles. The molecule has 3 heterocycles. The lowest BCUT2D eigenvalue weighted by Crippen LogP contribution is -2.52. The molecule has 2 aliphatic rings. The summed E-state index contributed by atoms with van der Waals surface area (Å²) >= 11 is 0. The molecule has 8 heteroatoms. The SMILES string of the molecule is Cc1cccc2c1-c1cncc(c1)[C@H](CC(=O)O)NC(=O)[C@@H](N1CCCCC1=O)CCCCCCO2. The van der Waals surface area contributed by atoms with Crippen LogP contribution in [0.1, 0.15) is 75.0 Å². The molecule has 2 aliphatic heterocycles. The Hall–Kier alpha value is -3.42. The quantitative estimate of drug-likeness (QED) is 0.656. The Morgan fingerprint density at radius 1 is 1.14 bits per heavy atom. The van der Waals surface area contributed by atoms with Gasteiger partial charge in [0.25, 0.3) is 0 Å². The van der Waals surface area contributed by atoms with Crippen LogP contribution in [0.2, 0.25) is 0 Å². The van der Waals surface area contributed by atoms with Crippen LogP contribution in [0.15, 0.2) is 36.7 Å². The molecule has 0 saturated carbocycles. The van der Waals surface area contributed by atoms with Crippen LogP contribution in [0.5, 0.6) is 5.75 Å². The Morgan fingerprint density at radius 3 is 2.78 bits per heavy atom. The molecule has 2 N–H and O–H groups in total. The predicted octanol–water partition coefficient (Wildman–Crippen LogP) is 4.41. The third-order valence-electron chi connectivity index (χ3n) is 7.05. The maximum absolute atomic E-state index is 13.6. The maximum Gasteiger partial charge on any atom is 0.305 e. The van der Waals surface area contributed by atoms with Crippen LogP contribution in [-0.4, -0.2) is 52.0 Å². The van der Waals surface area contributed by atoms with E-state index in [2.05, 4.69) is 10.3 Å². The van der Waals surface area contributed by atoms with E-state index in [1.807, 2.05) is 31.2 Å². The lowest BCUT2D eigenvalue weighted by molar-refractivity contribution is -0.143. The molecular weight excluding hydrogens is 458 g/mol. The number of nitrogens with zero attached hydrogens (tertiary/aromatic N) is 2. The molecule has 0 unspecified atom stereocenters. The molecule has 2 aromatic rings. The summed E-state index contributed by atoms with van der Waals surface area (Å²) in [7, 11) is 0. The molecule has 192 valence electrons. The van der Waals surface area contributed by atoms with Crippen molar-refractivity contribution in [1.82, 2.24) is 15.2 Å². The number of carboxylic acid groups (broad SMARTS) is 1. The average Bonchev–Trinajstić information content (AvgIpc) is 2.85. The van der Waals surface area contributed by atoms with E-state index >= 15 is 0 Å². The van der Waals surface area contributed by atoms with Crippen LogP contribution >= 0.6 is 0 Å². The highest BCUT2D eigenvalue weighted by Crippen LogP contribution is 2.35. The molecule has 1 aromatic heterocycles. The number of hydrogen-bond acceptors (Lipinski definition) is 5. The molecule has 0 aliphatic carbocycles. The normalized spacial score (nSPS) is 21.8. The number of aliphatic carboxylic acids is 1. The summed E-state index contributed by atoms with van der Waals surface area (Å²) in [6.07, 6.45) is 9.35. The molecule has 2 atom stereocenters. The summed E-state index contributed by atoms with van der Waals surface area (Å²) in [5.41, 5.74) is 3.35. The largest absolute Gasteiger partial charge is 0.493 e. The molecule has 1 fully saturated rings. The minimum Gasteiger partial charge on any atom is -0.493 e. The van der Waals surface area contributed by atoms with Crippen LogP contribution in [0.4, 0.5) is 0 Å². The van der Waals surface area contributed by atoms with Gasteiger partial charge in [0.2, 0.25) is 11.8 Å². The Balaban J connectivity index is 1.71. The van der Waals surface area contributed by atoms with Gasteiger partial charge in [-0.05, 0) is 55.9 Å². The van der Waals surface area contributed by atoms with E-state index in [9.17, 15) is 19.5 Å². The number of likely N-dealkylation sites (tertiary alicyclic amines) is 1. The van der Waals surface area contributed by atoms with E-state index < -0.39 is 18.1 Å². The second-order valence-electron chi connectivity index (χ2n) is 9.73. The van der Waals surface area contributed by atoms with Gasteiger partial charge in [-0.15, -0.1) is 0 Å². The summed E-state index contributed by atoms with van der Waals surface area (Å²) in [4.78, 5) is 44.1. The Labute approximate surface area is 212 Å². The van der Waals surface area contributed by atoms with E-state index in [1.165, 1.54) is 0 Å². The highest BCUT2D eigenvalue weighted by atomic mass is 16.5. The van der Waals surface area contributed by atoms with Crippen LogP contribution < -0.4 is 10.1 Å². The van der Waals surface area contributed by atoms with Crippen LogP contribution in [0, 0.1) is 6.92 Å². The number of nitrogens with one attached hydrogen (secondary N) is 1. The summed E-state index contributed by atoms with van der Waals surface area (Å²) < 4.78 is 6.16. The van der Waals surface area contributed by atoms with Gasteiger partial charge in [-0.3, -0.25) is 19.4 Å². The smallest absolute Gasteiger partial charge is 0.305 e.